The molecule has 0 atom stereocenters. The van der Waals surface area contributed by atoms with Gasteiger partial charge in [0.15, 0.2) is 0 Å². The van der Waals surface area contributed by atoms with Gasteiger partial charge in [-0.25, -0.2) is 4.79 Å². The number of carboxylic acid groups (broad SMARTS) is 1. The lowest BCUT2D eigenvalue weighted by Crippen LogP contribution is -1.89. The van der Waals surface area contributed by atoms with Crippen LogP contribution in [0.15, 0.2) is 43.9 Å². The maximum Gasteiger partial charge on any atom is 0.345 e. The van der Waals surface area contributed by atoms with Crippen molar-refractivity contribution in [2.45, 2.75) is 9.79 Å². The average Bonchev–Trinajstić information content (AvgIpc) is 2.80. The summed E-state index contributed by atoms with van der Waals surface area (Å²) < 4.78 is 0.828. The molecule has 6 heteroatoms. The van der Waals surface area contributed by atoms with E-state index in [-0.39, 0.29) is 0 Å². The third-order valence-electron chi connectivity index (χ3n) is 2.07. The van der Waals surface area contributed by atoms with Gasteiger partial charge in [0.05, 0.1) is 11.6 Å². The molecular weight excluding hydrogens is 334 g/mol. The minimum Gasteiger partial charge on any atom is -0.477 e. The molecule has 0 aliphatic heterocycles. The minimum atomic E-state index is -0.911. The van der Waals surface area contributed by atoms with Gasteiger partial charge in [0.2, 0.25) is 0 Å². The van der Waals surface area contributed by atoms with Crippen molar-refractivity contribution in [3.63, 3.8) is 0 Å². The molecule has 0 aliphatic carbocycles. The molecule has 0 aliphatic rings. The molecule has 0 saturated carbocycles. The molecule has 0 radical (unpaired) electrons. The van der Waals surface area contributed by atoms with Gasteiger partial charge in [0.1, 0.15) is 4.88 Å². The third-order valence-corrected chi connectivity index (χ3v) is 5.11. The van der Waals surface area contributed by atoms with Crippen molar-refractivity contribution in [2.24, 2.45) is 0 Å². The SMILES string of the molecule is N#Cc1ccc(Sc2csc(C(=O)O)c2)c(Br)c1. The summed E-state index contributed by atoms with van der Waals surface area (Å²) in [7, 11) is 0. The van der Waals surface area contributed by atoms with E-state index in [0.29, 0.717) is 10.4 Å². The number of benzene rings is 1. The molecule has 1 heterocycles. The molecule has 0 bridgehead atoms. The Hall–Kier alpha value is -1.29. The van der Waals surface area contributed by atoms with Crippen LogP contribution in [-0.2, 0) is 0 Å². The van der Waals surface area contributed by atoms with Gasteiger partial charge in [-0.3, -0.25) is 0 Å². The zero-order valence-electron chi connectivity index (χ0n) is 8.88. The van der Waals surface area contributed by atoms with Crippen molar-refractivity contribution < 1.29 is 9.90 Å². The molecule has 1 N–H and O–H groups in total. The number of hydrogen-bond acceptors (Lipinski definition) is 4. The number of carboxylic acids is 1. The van der Waals surface area contributed by atoms with Gasteiger partial charge in [0, 0.05) is 19.6 Å². The molecule has 0 fully saturated rings. The van der Waals surface area contributed by atoms with Gasteiger partial charge >= 0.3 is 5.97 Å². The first-order valence-electron chi connectivity index (χ1n) is 4.79. The Kier molecular flexibility index (Phi) is 4.07. The molecule has 0 amide bonds. The van der Waals surface area contributed by atoms with Crippen LogP contribution in [0.3, 0.4) is 0 Å². The number of thiophene rings is 1. The predicted octanol–water partition coefficient (Wildman–Crippen LogP) is 4.23. The van der Waals surface area contributed by atoms with Gasteiger partial charge in [-0.1, -0.05) is 11.8 Å². The lowest BCUT2D eigenvalue weighted by atomic mass is 10.2. The molecule has 3 nitrogen and oxygen atoms in total. The first-order valence-corrected chi connectivity index (χ1v) is 7.28. The molecule has 1 aromatic heterocycles. The highest BCUT2D eigenvalue weighted by atomic mass is 79.9. The maximum atomic E-state index is 10.8. The quantitative estimate of drug-likeness (QED) is 0.908. The van der Waals surface area contributed by atoms with E-state index < -0.39 is 5.97 Å². The van der Waals surface area contributed by atoms with E-state index in [1.165, 1.54) is 23.1 Å². The van der Waals surface area contributed by atoms with Crippen molar-refractivity contribution in [1.82, 2.24) is 0 Å². The number of nitriles is 1. The normalized spacial score (nSPS) is 10.0. The molecule has 1 aromatic carbocycles. The van der Waals surface area contributed by atoms with Gasteiger partial charge in [-0.2, -0.15) is 5.26 Å². The van der Waals surface area contributed by atoms with Gasteiger partial charge in [0.25, 0.3) is 0 Å². The fourth-order valence-electron chi connectivity index (χ4n) is 1.26. The largest absolute Gasteiger partial charge is 0.477 e. The second-order valence-corrected chi connectivity index (χ2v) is 6.19. The molecular formula is C12H6BrNO2S2. The zero-order chi connectivity index (χ0) is 13.1. The van der Waals surface area contributed by atoms with Gasteiger partial charge in [-0.15, -0.1) is 11.3 Å². The Bertz CT molecular complexity index is 646. The van der Waals surface area contributed by atoms with Crippen molar-refractivity contribution in [3.05, 3.63) is 44.6 Å². The first-order chi connectivity index (χ1) is 8.60. The van der Waals surface area contributed by atoms with Crippen LogP contribution in [0.1, 0.15) is 15.2 Å². The number of aromatic carboxylic acids is 1. The van der Waals surface area contributed by atoms with Crippen LogP contribution in [0.5, 0.6) is 0 Å². The van der Waals surface area contributed by atoms with Crippen LogP contribution in [-0.4, -0.2) is 11.1 Å². The predicted molar refractivity (Wildman–Crippen MR) is 74.3 cm³/mol. The number of halogens is 1. The molecule has 2 rings (SSSR count). The fourth-order valence-corrected chi connectivity index (χ4v) is 3.63. The molecule has 0 spiro atoms. The van der Waals surface area contributed by atoms with Gasteiger partial charge in [-0.05, 0) is 40.2 Å². The monoisotopic (exact) mass is 339 g/mol. The van der Waals surface area contributed by atoms with Crippen LogP contribution in [0, 0.1) is 11.3 Å². The molecule has 0 unspecified atom stereocenters. The van der Waals surface area contributed by atoms with Crippen molar-refractivity contribution in [1.29, 1.82) is 5.26 Å². The fraction of sp³-hybridized carbons (Fsp3) is 0. The van der Waals surface area contributed by atoms with E-state index in [1.807, 2.05) is 6.07 Å². The van der Waals surface area contributed by atoms with Crippen molar-refractivity contribution >= 4 is 45.0 Å². The summed E-state index contributed by atoms with van der Waals surface area (Å²) in [5, 5.41) is 19.4. The third kappa shape index (κ3) is 2.93. The van der Waals surface area contributed by atoms with E-state index >= 15 is 0 Å². The Morgan fingerprint density at radius 2 is 2.22 bits per heavy atom. The number of rotatable bonds is 3. The number of hydrogen-bond donors (Lipinski definition) is 1. The Balaban J connectivity index is 2.23. The standard InChI is InChI=1S/C12H6BrNO2S2/c13-9-3-7(5-14)1-2-10(9)18-8-4-11(12(15)16)17-6-8/h1-4,6H,(H,15,16). The van der Waals surface area contributed by atoms with Gasteiger partial charge < -0.3 is 5.11 Å². The maximum absolute atomic E-state index is 10.8. The summed E-state index contributed by atoms with van der Waals surface area (Å²) in [5.41, 5.74) is 0.586. The summed E-state index contributed by atoms with van der Waals surface area (Å²) in [5.74, 6) is -0.911. The summed E-state index contributed by atoms with van der Waals surface area (Å²) in [6.45, 7) is 0. The van der Waals surface area contributed by atoms with Crippen LogP contribution >= 0.6 is 39.0 Å². The Labute approximate surface area is 120 Å². The highest BCUT2D eigenvalue weighted by Crippen LogP contribution is 2.36. The zero-order valence-corrected chi connectivity index (χ0v) is 12.1. The minimum absolute atomic E-state index is 0.322. The van der Waals surface area contributed by atoms with Crippen LogP contribution in [0.25, 0.3) is 0 Å². The molecule has 18 heavy (non-hydrogen) atoms. The number of nitrogens with zero attached hydrogens (tertiary/aromatic N) is 1. The van der Waals surface area contributed by atoms with Crippen molar-refractivity contribution in [2.75, 3.05) is 0 Å². The van der Waals surface area contributed by atoms with E-state index in [2.05, 4.69) is 22.0 Å². The van der Waals surface area contributed by atoms with Crippen LogP contribution in [0.4, 0.5) is 0 Å². The highest BCUT2D eigenvalue weighted by Gasteiger charge is 2.09. The first kappa shape index (κ1) is 13.1. The lowest BCUT2D eigenvalue weighted by Gasteiger charge is -2.02. The summed E-state index contributed by atoms with van der Waals surface area (Å²) in [4.78, 5) is 12.9. The van der Waals surface area contributed by atoms with E-state index in [9.17, 15) is 4.79 Å². The van der Waals surface area contributed by atoms with E-state index in [0.717, 1.165) is 14.3 Å². The summed E-state index contributed by atoms with van der Waals surface area (Å²) in [6, 6.07) is 9.02. The van der Waals surface area contributed by atoms with Crippen LogP contribution < -0.4 is 0 Å². The summed E-state index contributed by atoms with van der Waals surface area (Å²) >= 11 is 6.06. The van der Waals surface area contributed by atoms with Crippen molar-refractivity contribution in [3.8, 4) is 6.07 Å². The smallest absolute Gasteiger partial charge is 0.345 e. The Morgan fingerprint density at radius 1 is 1.44 bits per heavy atom. The molecule has 90 valence electrons. The van der Waals surface area contributed by atoms with E-state index in [1.54, 1.807) is 23.6 Å². The lowest BCUT2D eigenvalue weighted by molar-refractivity contribution is 0.0702. The van der Waals surface area contributed by atoms with E-state index in [4.69, 9.17) is 10.4 Å². The Morgan fingerprint density at radius 3 is 2.78 bits per heavy atom. The second-order valence-electron chi connectivity index (χ2n) is 3.31. The molecule has 2 aromatic rings. The topological polar surface area (TPSA) is 61.1 Å². The summed E-state index contributed by atoms with van der Waals surface area (Å²) in [6.07, 6.45) is 0. The van der Waals surface area contributed by atoms with Crippen LogP contribution in [0.2, 0.25) is 0 Å². The highest BCUT2D eigenvalue weighted by molar-refractivity contribution is 9.10. The average molecular weight is 340 g/mol. The molecule has 0 saturated heterocycles. The second kappa shape index (κ2) is 5.57. The number of carbonyl (C=O) groups is 1.